The molecule has 0 heterocycles. The van der Waals surface area contributed by atoms with Gasteiger partial charge in [0.2, 0.25) is 0 Å². The molecule has 0 atom stereocenters. The maximum Gasteiger partial charge on any atom is 0.0369 e. The van der Waals surface area contributed by atoms with Crippen molar-refractivity contribution in [3.8, 4) is 11.1 Å². The molecular formula is C15H18N2. The number of rotatable bonds is 2. The Morgan fingerprint density at radius 3 is 2.12 bits per heavy atom. The monoisotopic (exact) mass is 226 g/mol. The second-order valence-corrected chi connectivity index (χ2v) is 4.57. The molecule has 2 aromatic rings. The van der Waals surface area contributed by atoms with Gasteiger partial charge >= 0.3 is 0 Å². The molecule has 0 aromatic heterocycles. The van der Waals surface area contributed by atoms with E-state index in [1.54, 1.807) is 0 Å². The highest BCUT2D eigenvalue weighted by Gasteiger charge is 2.02. The van der Waals surface area contributed by atoms with Crippen molar-refractivity contribution < 1.29 is 0 Å². The van der Waals surface area contributed by atoms with E-state index in [0.717, 1.165) is 5.69 Å². The van der Waals surface area contributed by atoms with Crippen LogP contribution in [-0.2, 0) is 0 Å². The minimum atomic E-state index is 0.800. The molecule has 0 aliphatic carbocycles. The van der Waals surface area contributed by atoms with Crippen LogP contribution >= 0.6 is 0 Å². The summed E-state index contributed by atoms with van der Waals surface area (Å²) in [5.41, 5.74) is 11.4. The Morgan fingerprint density at radius 1 is 0.882 bits per heavy atom. The van der Waals surface area contributed by atoms with Crippen molar-refractivity contribution in [2.45, 2.75) is 6.92 Å². The summed E-state index contributed by atoms with van der Waals surface area (Å²) >= 11 is 0. The molecule has 0 saturated heterocycles. The van der Waals surface area contributed by atoms with Gasteiger partial charge in [-0.1, -0.05) is 18.2 Å². The van der Waals surface area contributed by atoms with E-state index in [-0.39, 0.29) is 0 Å². The highest BCUT2D eigenvalue weighted by molar-refractivity contribution is 5.70. The molecule has 0 unspecified atom stereocenters. The summed E-state index contributed by atoms with van der Waals surface area (Å²) in [7, 11) is 4.11. The number of anilines is 2. The molecule has 88 valence electrons. The molecule has 0 fully saturated rings. The van der Waals surface area contributed by atoms with E-state index in [2.05, 4.69) is 56.3 Å². The van der Waals surface area contributed by atoms with Gasteiger partial charge in [-0.2, -0.15) is 0 Å². The Hall–Kier alpha value is -1.96. The number of aryl methyl sites for hydroxylation is 1. The average molecular weight is 226 g/mol. The van der Waals surface area contributed by atoms with Gasteiger partial charge in [-0.15, -0.1) is 0 Å². The van der Waals surface area contributed by atoms with Crippen LogP contribution in [0.5, 0.6) is 0 Å². The summed E-state index contributed by atoms with van der Waals surface area (Å²) in [5.74, 6) is 0. The van der Waals surface area contributed by atoms with E-state index in [1.807, 2.05) is 12.1 Å². The third kappa shape index (κ3) is 2.59. The summed E-state index contributed by atoms with van der Waals surface area (Å²) < 4.78 is 0. The molecule has 2 heteroatoms. The van der Waals surface area contributed by atoms with Gasteiger partial charge in [-0.05, 0) is 47.9 Å². The van der Waals surface area contributed by atoms with Crippen LogP contribution in [-0.4, -0.2) is 14.1 Å². The fourth-order valence-electron chi connectivity index (χ4n) is 1.86. The zero-order valence-corrected chi connectivity index (χ0v) is 10.6. The summed E-state index contributed by atoms with van der Waals surface area (Å²) in [4.78, 5) is 2.12. The van der Waals surface area contributed by atoms with Crippen LogP contribution in [0.25, 0.3) is 11.1 Å². The molecule has 0 saturated carbocycles. The second kappa shape index (κ2) is 4.50. The Labute approximate surface area is 103 Å². The molecule has 2 N–H and O–H groups in total. The average Bonchev–Trinajstić information content (AvgIpc) is 2.29. The third-order valence-electron chi connectivity index (χ3n) is 2.82. The fraction of sp³-hybridized carbons (Fsp3) is 0.200. The van der Waals surface area contributed by atoms with Crippen LogP contribution < -0.4 is 10.6 Å². The molecule has 17 heavy (non-hydrogen) atoms. The van der Waals surface area contributed by atoms with Gasteiger partial charge in [0.1, 0.15) is 0 Å². The number of nitrogens with two attached hydrogens (primary N) is 1. The molecule has 0 bridgehead atoms. The maximum absolute atomic E-state index is 5.70. The molecular weight excluding hydrogens is 208 g/mol. The third-order valence-corrected chi connectivity index (χ3v) is 2.82. The van der Waals surface area contributed by atoms with Crippen molar-refractivity contribution in [1.29, 1.82) is 0 Å². The van der Waals surface area contributed by atoms with Crippen molar-refractivity contribution in [2.24, 2.45) is 0 Å². The summed E-state index contributed by atoms with van der Waals surface area (Å²) in [5, 5.41) is 0. The zero-order chi connectivity index (χ0) is 12.4. The SMILES string of the molecule is Cc1cc(-c2ccc(N)cc2)cc(N(C)C)c1. The molecule has 0 amide bonds. The van der Waals surface area contributed by atoms with Gasteiger partial charge in [-0.25, -0.2) is 0 Å². The summed E-state index contributed by atoms with van der Waals surface area (Å²) in [6.45, 7) is 2.12. The number of hydrogen-bond donors (Lipinski definition) is 1. The van der Waals surface area contributed by atoms with Crippen molar-refractivity contribution in [3.63, 3.8) is 0 Å². The van der Waals surface area contributed by atoms with Crippen LogP contribution in [0, 0.1) is 6.92 Å². The van der Waals surface area contributed by atoms with Crippen LogP contribution in [0.4, 0.5) is 11.4 Å². The first-order valence-electron chi connectivity index (χ1n) is 5.71. The Morgan fingerprint density at radius 2 is 1.53 bits per heavy atom. The quantitative estimate of drug-likeness (QED) is 0.796. The Balaban J connectivity index is 2.48. The van der Waals surface area contributed by atoms with Gasteiger partial charge in [-0.3, -0.25) is 0 Å². The Kier molecular flexibility index (Phi) is 3.05. The first-order chi connectivity index (χ1) is 8.06. The lowest BCUT2D eigenvalue weighted by molar-refractivity contribution is 1.13. The molecule has 0 radical (unpaired) electrons. The molecule has 2 nitrogen and oxygen atoms in total. The van der Waals surface area contributed by atoms with Gasteiger partial charge in [0.05, 0.1) is 0 Å². The maximum atomic E-state index is 5.70. The lowest BCUT2D eigenvalue weighted by atomic mass is 10.0. The van der Waals surface area contributed by atoms with Gasteiger partial charge in [0.15, 0.2) is 0 Å². The van der Waals surface area contributed by atoms with Crippen LogP contribution in [0.2, 0.25) is 0 Å². The predicted molar refractivity (Wildman–Crippen MR) is 75.4 cm³/mol. The van der Waals surface area contributed by atoms with Crippen molar-refractivity contribution in [2.75, 3.05) is 24.7 Å². The first-order valence-corrected chi connectivity index (χ1v) is 5.71. The van der Waals surface area contributed by atoms with Gasteiger partial charge in [0, 0.05) is 25.5 Å². The normalized spacial score (nSPS) is 10.3. The molecule has 0 spiro atoms. The van der Waals surface area contributed by atoms with Crippen molar-refractivity contribution >= 4 is 11.4 Å². The Bertz CT molecular complexity index is 513. The van der Waals surface area contributed by atoms with E-state index >= 15 is 0 Å². The highest BCUT2D eigenvalue weighted by atomic mass is 15.1. The van der Waals surface area contributed by atoms with E-state index in [9.17, 15) is 0 Å². The lowest BCUT2D eigenvalue weighted by Gasteiger charge is -2.15. The van der Waals surface area contributed by atoms with Crippen LogP contribution in [0.3, 0.4) is 0 Å². The smallest absolute Gasteiger partial charge is 0.0369 e. The molecule has 0 aliphatic heterocycles. The standard InChI is InChI=1S/C15H18N2/c1-11-8-13(10-15(9-11)17(2)3)12-4-6-14(16)7-5-12/h4-10H,16H2,1-3H3. The van der Waals surface area contributed by atoms with E-state index < -0.39 is 0 Å². The number of nitrogen functional groups attached to an aromatic ring is 1. The number of hydrogen-bond acceptors (Lipinski definition) is 2. The number of benzene rings is 2. The highest BCUT2D eigenvalue weighted by Crippen LogP contribution is 2.26. The first kappa shape index (κ1) is 11.5. The molecule has 2 aromatic carbocycles. The second-order valence-electron chi connectivity index (χ2n) is 4.57. The van der Waals surface area contributed by atoms with E-state index in [1.165, 1.54) is 22.4 Å². The summed E-state index contributed by atoms with van der Waals surface area (Å²) in [6.07, 6.45) is 0. The largest absolute Gasteiger partial charge is 0.399 e. The van der Waals surface area contributed by atoms with Gasteiger partial charge in [0.25, 0.3) is 0 Å². The fourth-order valence-corrected chi connectivity index (χ4v) is 1.86. The number of nitrogens with zero attached hydrogens (tertiary/aromatic N) is 1. The predicted octanol–water partition coefficient (Wildman–Crippen LogP) is 3.31. The lowest BCUT2D eigenvalue weighted by Crippen LogP contribution is -2.08. The van der Waals surface area contributed by atoms with Crippen molar-refractivity contribution in [1.82, 2.24) is 0 Å². The molecule has 0 aliphatic rings. The van der Waals surface area contributed by atoms with Crippen LogP contribution in [0.15, 0.2) is 42.5 Å². The zero-order valence-electron chi connectivity index (χ0n) is 10.6. The van der Waals surface area contributed by atoms with Crippen LogP contribution in [0.1, 0.15) is 5.56 Å². The minimum Gasteiger partial charge on any atom is -0.399 e. The van der Waals surface area contributed by atoms with Gasteiger partial charge < -0.3 is 10.6 Å². The minimum absolute atomic E-state index is 0.800. The van der Waals surface area contributed by atoms with E-state index in [4.69, 9.17) is 5.73 Å². The van der Waals surface area contributed by atoms with E-state index in [0.29, 0.717) is 0 Å². The van der Waals surface area contributed by atoms with Crippen molar-refractivity contribution in [3.05, 3.63) is 48.0 Å². The summed E-state index contributed by atoms with van der Waals surface area (Å²) in [6, 6.07) is 14.6. The topological polar surface area (TPSA) is 29.3 Å². The molecule has 2 rings (SSSR count).